The largest absolute Gasteiger partial charge is 0.334 e. The first-order chi connectivity index (χ1) is 9.09. The Labute approximate surface area is 115 Å². The van der Waals surface area contributed by atoms with Crippen LogP contribution < -0.4 is 5.73 Å². The molecule has 1 aliphatic heterocycles. The molecule has 0 aromatic heterocycles. The van der Waals surface area contributed by atoms with E-state index in [0.717, 1.165) is 24.9 Å². The van der Waals surface area contributed by atoms with Crippen LogP contribution in [0.5, 0.6) is 0 Å². The first kappa shape index (κ1) is 14.1. The van der Waals surface area contributed by atoms with Crippen LogP contribution in [0.15, 0.2) is 30.3 Å². The van der Waals surface area contributed by atoms with E-state index in [2.05, 4.69) is 26.0 Å². The number of carbonyl (C=O) groups excluding carboxylic acids is 1. The summed E-state index contributed by atoms with van der Waals surface area (Å²) in [6.45, 7) is 5.18. The van der Waals surface area contributed by atoms with Crippen LogP contribution >= 0.6 is 0 Å². The summed E-state index contributed by atoms with van der Waals surface area (Å²) in [6, 6.07) is 10.3. The number of piperidine rings is 1. The lowest BCUT2D eigenvalue weighted by molar-refractivity contribution is -0.137. The van der Waals surface area contributed by atoms with E-state index < -0.39 is 0 Å². The number of rotatable bonds is 4. The number of likely N-dealkylation sites (tertiary alicyclic amines) is 1. The van der Waals surface area contributed by atoms with Crippen molar-refractivity contribution in [2.24, 2.45) is 11.7 Å². The van der Waals surface area contributed by atoms with Crippen molar-refractivity contribution in [1.82, 2.24) is 4.90 Å². The second kappa shape index (κ2) is 6.20. The van der Waals surface area contributed by atoms with Crippen LogP contribution in [-0.2, 0) is 4.79 Å². The maximum absolute atomic E-state index is 12.2. The summed E-state index contributed by atoms with van der Waals surface area (Å²) >= 11 is 0. The normalized spacial score (nSPS) is 24.0. The molecule has 1 amide bonds. The van der Waals surface area contributed by atoms with Gasteiger partial charge in [0.1, 0.15) is 0 Å². The van der Waals surface area contributed by atoms with E-state index in [1.165, 1.54) is 0 Å². The summed E-state index contributed by atoms with van der Waals surface area (Å²) in [5, 5.41) is 0. The summed E-state index contributed by atoms with van der Waals surface area (Å²) < 4.78 is 0. The molecule has 0 aliphatic carbocycles. The summed E-state index contributed by atoms with van der Waals surface area (Å²) in [4.78, 5) is 14.2. The maximum atomic E-state index is 12.2. The molecule has 3 nitrogen and oxygen atoms in total. The minimum absolute atomic E-state index is 0.0428. The lowest BCUT2D eigenvalue weighted by Crippen LogP contribution is -2.49. The fraction of sp³-hybridized carbons (Fsp3) is 0.562. The number of carbonyl (C=O) groups is 1. The van der Waals surface area contributed by atoms with E-state index in [-0.39, 0.29) is 18.0 Å². The van der Waals surface area contributed by atoms with E-state index in [0.29, 0.717) is 12.3 Å². The fourth-order valence-corrected chi connectivity index (χ4v) is 2.72. The van der Waals surface area contributed by atoms with Crippen molar-refractivity contribution in [3.63, 3.8) is 0 Å². The Bertz CT molecular complexity index is 416. The van der Waals surface area contributed by atoms with Gasteiger partial charge in [0.05, 0.1) is 6.04 Å². The monoisotopic (exact) mass is 260 g/mol. The molecule has 0 spiro atoms. The Morgan fingerprint density at radius 2 is 2.00 bits per heavy atom. The smallest absolute Gasteiger partial charge is 0.223 e. The third-order valence-electron chi connectivity index (χ3n) is 3.84. The minimum atomic E-state index is 0.0428. The van der Waals surface area contributed by atoms with E-state index in [9.17, 15) is 4.79 Å². The van der Waals surface area contributed by atoms with Gasteiger partial charge in [0.2, 0.25) is 5.91 Å². The molecule has 2 unspecified atom stereocenters. The second-order valence-corrected chi connectivity index (χ2v) is 5.83. The highest BCUT2D eigenvalue weighted by molar-refractivity contribution is 5.78. The number of amides is 1. The van der Waals surface area contributed by atoms with Gasteiger partial charge in [-0.05, 0) is 24.3 Å². The van der Waals surface area contributed by atoms with Crippen LogP contribution in [0.25, 0.3) is 0 Å². The zero-order valence-electron chi connectivity index (χ0n) is 11.9. The highest BCUT2D eigenvalue weighted by atomic mass is 16.2. The van der Waals surface area contributed by atoms with Gasteiger partial charge in [0.15, 0.2) is 0 Å². The van der Waals surface area contributed by atoms with Gasteiger partial charge >= 0.3 is 0 Å². The van der Waals surface area contributed by atoms with Gasteiger partial charge in [0.25, 0.3) is 0 Å². The van der Waals surface area contributed by atoms with E-state index in [1.807, 2.05) is 23.1 Å². The Balaban J connectivity index is 2.21. The number of benzene rings is 1. The number of nitrogens with two attached hydrogens (primary N) is 1. The average Bonchev–Trinajstić information content (AvgIpc) is 2.40. The molecule has 1 aliphatic rings. The third-order valence-corrected chi connectivity index (χ3v) is 3.84. The number of hydrogen-bond donors (Lipinski definition) is 1. The van der Waals surface area contributed by atoms with Crippen molar-refractivity contribution in [3.05, 3.63) is 35.9 Å². The summed E-state index contributed by atoms with van der Waals surface area (Å²) in [5.41, 5.74) is 7.44. The SMILES string of the molecule is CC(C)CCN1C(=O)CCC(N)C1c1ccccc1. The molecule has 1 aromatic carbocycles. The fourth-order valence-electron chi connectivity index (χ4n) is 2.72. The van der Waals surface area contributed by atoms with Crippen molar-refractivity contribution in [2.75, 3.05) is 6.54 Å². The molecule has 3 heteroatoms. The van der Waals surface area contributed by atoms with Crippen molar-refractivity contribution in [3.8, 4) is 0 Å². The van der Waals surface area contributed by atoms with Crippen LogP contribution in [-0.4, -0.2) is 23.4 Å². The molecular weight excluding hydrogens is 236 g/mol. The molecule has 0 bridgehead atoms. The second-order valence-electron chi connectivity index (χ2n) is 5.83. The molecule has 2 rings (SSSR count). The number of nitrogens with zero attached hydrogens (tertiary/aromatic N) is 1. The summed E-state index contributed by atoms with van der Waals surface area (Å²) in [5.74, 6) is 0.846. The molecule has 2 N–H and O–H groups in total. The van der Waals surface area contributed by atoms with Gasteiger partial charge in [-0.2, -0.15) is 0 Å². The van der Waals surface area contributed by atoms with Crippen LogP contribution in [0.3, 0.4) is 0 Å². The highest BCUT2D eigenvalue weighted by Crippen LogP contribution is 2.31. The number of hydrogen-bond acceptors (Lipinski definition) is 2. The van der Waals surface area contributed by atoms with E-state index in [4.69, 9.17) is 5.73 Å². The van der Waals surface area contributed by atoms with Crippen molar-refractivity contribution in [2.45, 2.75) is 45.2 Å². The van der Waals surface area contributed by atoms with Crippen LogP contribution in [0.1, 0.15) is 44.7 Å². The lowest BCUT2D eigenvalue weighted by atomic mass is 9.90. The van der Waals surface area contributed by atoms with Crippen LogP contribution in [0.4, 0.5) is 0 Å². The van der Waals surface area contributed by atoms with E-state index >= 15 is 0 Å². The van der Waals surface area contributed by atoms with Gasteiger partial charge in [-0.1, -0.05) is 44.2 Å². The maximum Gasteiger partial charge on any atom is 0.223 e. The minimum Gasteiger partial charge on any atom is -0.334 e. The lowest BCUT2D eigenvalue weighted by Gasteiger charge is -2.40. The molecule has 1 heterocycles. The Morgan fingerprint density at radius 3 is 2.63 bits per heavy atom. The van der Waals surface area contributed by atoms with Gasteiger partial charge in [-0.3, -0.25) is 4.79 Å². The Morgan fingerprint density at radius 1 is 1.32 bits per heavy atom. The van der Waals surface area contributed by atoms with Crippen molar-refractivity contribution in [1.29, 1.82) is 0 Å². The molecule has 19 heavy (non-hydrogen) atoms. The topological polar surface area (TPSA) is 46.3 Å². The van der Waals surface area contributed by atoms with Gasteiger partial charge in [-0.25, -0.2) is 0 Å². The molecule has 0 radical (unpaired) electrons. The molecule has 1 aromatic rings. The first-order valence-corrected chi connectivity index (χ1v) is 7.19. The summed E-state index contributed by atoms with van der Waals surface area (Å²) in [6.07, 6.45) is 2.40. The van der Waals surface area contributed by atoms with Crippen LogP contribution in [0.2, 0.25) is 0 Å². The Kier molecular flexibility index (Phi) is 4.59. The van der Waals surface area contributed by atoms with Gasteiger partial charge in [-0.15, -0.1) is 0 Å². The quantitative estimate of drug-likeness (QED) is 0.904. The van der Waals surface area contributed by atoms with Gasteiger partial charge in [0, 0.05) is 19.0 Å². The highest BCUT2D eigenvalue weighted by Gasteiger charge is 2.34. The molecular formula is C16H24N2O. The first-order valence-electron chi connectivity index (χ1n) is 7.19. The molecule has 1 saturated heterocycles. The van der Waals surface area contributed by atoms with E-state index in [1.54, 1.807) is 0 Å². The van der Waals surface area contributed by atoms with Crippen LogP contribution in [0, 0.1) is 5.92 Å². The van der Waals surface area contributed by atoms with Crippen molar-refractivity contribution >= 4 is 5.91 Å². The molecule has 104 valence electrons. The predicted octanol–water partition coefficient (Wildman–Crippen LogP) is 2.72. The zero-order valence-corrected chi connectivity index (χ0v) is 11.9. The molecule has 2 atom stereocenters. The predicted molar refractivity (Wildman–Crippen MR) is 77.6 cm³/mol. The molecule has 0 saturated carbocycles. The molecule has 1 fully saturated rings. The summed E-state index contributed by atoms with van der Waals surface area (Å²) in [7, 11) is 0. The van der Waals surface area contributed by atoms with Crippen molar-refractivity contribution < 1.29 is 4.79 Å². The standard InChI is InChI=1S/C16H24N2O/c1-12(2)10-11-18-15(19)9-8-14(17)16(18)13-6-4-3-5-7-13/h3-7,12,14,16H,8-11,17H2,1-2H3. The van der Waals surface area contributed by atoms with Gasteiger partial charge < -0.3 is 10.6 Å². The third kappa shape index (κ3) is 3.35. The Hall–Kier alpha value is -1.35. The average molecular weight is 260 g/mol. The zero-order chi connectivity index (χ0) is 13.8.